The van der Waals surface area contributed by atoms with E-state index in [0.717, 1.165) is 35.1 Å². The van der Waals surface area contributed by atoms with Crippen molar-refractivity contribution in [1.82, 2.24) is 9.97 Å². The Morgan fingerprint density at radius 2 is 2.04 bits per heavy atom. The Hall–Kier alpha value is -1.67. The van der Waals surface area contributed by atoms with E-state index in [2.05, 4.69) is 29.6 Å². The van der Waals surface area contributed by atoms with Gasteiger partial charge in [-0.1, -0.05) is 18.2 Å². The maximum atomic E-state index is 8.82. The molecule has 0 spiro atoms. The van der Waals surface area contributed by atoms with Crippen molar-refractivity contribution in [3.8, 4) is 0 Å². The SMILES string of the molecule is OCCOCCNc1nc(CSc2ccccc2)nc2sc3c(c12)CCC3. The summed E-state index contributed by atoms with van der Waals surface area (Å²) in [4.78, 5) is 13.5. The van der Waals surface area contributed by atoms with Crippen molar-refractivity contribution in [1.29, 1.82) is 0 Å². The maximum Gasteiger partial charge on any atom is 0.142 e. The zero-order valence-electron chi connectivity index (χ0n) is 15.1. The first-order chi connectivity index (χ1) is 13.3. The molecule has 0 saturated heterocycles. The lowest BCUT2D eigenvalue weighted by atomic mass is 10.2. The highest BCUT2D eigenvalue weighted by atomic mass is 32.2. The van der Waals surface area contributed by atoms with Gasteiger partial charge in [0.05, 0.1) is 31.0 Å². The first-order valence-electron chi connectivity index (χ1n) is 9.26. The second-order valence-corrected chi connectivity index (χ2v) is 8.52. The molecule has 2 heterocycles. The average molecular weight is 402 g/mol. The van der Waals surface area contributed by atoms with Crippen LogP contribution in [0.2, 0.25) is 0 Å². The molecule has 0 atom stereocenters. The lowest BCUT2D eigenvalue weighted by Gasteiger charge is -2.10. The van der Waals surface area contributed by atoms with Crippen molar-refractivity contribution in [2.45, 2.75) is 29.9 Å². The Morgan fingerprint density at radius 1 is 1.15 bits per heavy atom. The average Bonchev–Trinajstić information content (AvgIpc) is 3.28. The molecular formula is C20H23N3O2S2. The largest absolute Gasteiger partial charge is 0.394 e. The molecule has 1 aliphatic rings. The summed E-state index contributed by atoms with van der Waals surface area (Å²) < 4.78 is 5.37. The van der Waals surface area contributed by atoms with Crippen LogP contribution in [0.25, 0.3) is 10.2 Å². The number of aryl methyl sites for hydroxylation is 2. The Labute approximate surface area is 167 Å². The number of fused-ring (bicyclic) bond motifs is 3. The van der Waals surface area contributed by atoms with Gasteiger partial charge in [0, 0.05) is 16.3 Å². The number of hydrogen-bond donors (Lipinski definition) is 2. The second kappa shape index (κ2) is 9.01. The van der Waals surface area contributed by atoms with Crippen LogP contribution in [0.5, 0.6) is 0 Å². The van der Waals surface area contributed by atoms with Crippen molar-refractivity contribution in [3.05, 3.63) is 46.6 Å². The van der Waals surface area contributed by atoms with Crippen molar-refractivity contribution in [2.24, 2.45) is 0 Å². The number of ether oxygens (including phenoxy) is 1. The van der Waals surface area contributed by atoms with Gasteiger partial charge in [-0.05, 0) is 37.0 Å². The highest BCUT2D eigenvalue weighted by Crippen LogP contribution is 2.39. The molecule has 1 aromatic carbocycles. The van der Waals surface area contributed by atoms with E-state index >= 15 is 0 Å². The molecule has 2 N–H and O–H groups in total. The molecule has 2 aromatic heterocycles. The molecule has 0 radical (unpaired) electrons. The number of aliphatic hydroxyl groups is 1. The maximum absolute atomic E-state index is 8.82. The Morgan fingerprint density at radius 3 is 2.89 bits per heavy atom. The molecule has 142 valence electrons. The van der Waals surface area contributed by atoms with E-state index in [4.69, 9.17) is 19.8 Å². The standard InChI is InChI=1S/C20H23N3O2S2/c24-10-12-25-11-9-21-19-18-15-7-4-8-16(15)27-20(18)23-17(22-19)13-26-14-5-2-1-3-6-14/h1-3,5-6,24H,4,7-13H2,(H,21,22,23). The van der Waals surface area contributed by atoms with Crippen LogP contribution >= 0.6 is 23.1 Å². The van der Waals surface area contributed by atoms with Crippen molar-refractivity contribution >= 4 is 39.1 Å². The summed E-state index contributed by atoms with van der Waals surface area (Å²) in [5, 5.41) is 13.5. The fraction of sp³-hybridized carbons (Fsp3) is 0.400. The number of rotatable bonds is 9. The van der Waals surface area contributed by atoms with Crippen molar-refractivity contribution in [3.63, 3.8) is 0 Å². The van der Waals surface area contributed by atoms with E-state index in [-0.39, 0.29) is 6.61 Å². The van der Waals surface area contributed by atoms with Crippen LogP contribution in [-0.2, 0) is 23.3 Å². The van der Waals surface area contributed by atoms with E-state index in [1.165, 1.54) is 27.1 Å². The third-order valence-electron chi connectivity index (χ3n) is 4.50. The number of nitrogens with zero attached hydrogens (tertiary/aromatic N) is 2. The van der Waals surface area contributed by atoms with E-state index in [9.17, 15) is 0 Å². The zero-order chi connectivity index (χ0) is 18.5. The summed E-state index contributed by atoms with van der Waals surface area (Å²) in [6.45, 7) is 1.64. The third-order valence-corrected chi connectivity index (χ3v) is 6.69. The van der Waals surface area contributed by atoms with Gasteiger partial charge in [0.2, 0.25) is 0 Å². The number of benzene rings is 1. The van der Waals surface area contributed by atoms with Crippen LogP contribution < -0.4 is 5.32 Å². The van der Waals surface area contributed by atoms with E-state index in [1.54, 1.807) is 11.8 Å². The zero-order valence-corrected chi connectivity index (χ0v) is 16.7. The number of hydrogen-bond acceptors (Lipinski definition) is 7. The topological polar surface area (TPSA) is 67.3 Å². The fourth-order valence-electron chi connectivity index (χ4n) is 3.31. The number of aromatic nitrogens is 2. The van der Waals surface area contributed by atoms with Crippen LogP contribution in [0.4, 0.5) is 5.82 Å². The number of thioether (sulfide) groups is 1. The summed E-state index contributed by atoms with van der Waals surface area (Å²) in [7, 11) is 0. The molecule has 7 heteroatoms. The molecule has 0 fully saturated rings. The van der Waals surface area contributed by atoms with E-state index in [1.807, 2.05) is 17.4 Å². The van der Waals surface area contributed by atoms with Crippen molar-refractivity contribution in [2.75, 3.05) is 31.7 Å². The summed E-state index contributed by atoms with van der Waals surface area (Å²) >= 11 is 3.57. The highest BCUT2D eigenvalue weighted by molar-refractivity contribution is 7.98. The monoisotopic (exact) mass is 401 g/mol. The smallest absolute Gasteiger partial charge is 0.142 e. The molecule has 4 rings (SSSR count). The lowest BCUT2D eigenvalue weighted by Crippen LogP contribution is -2.13. The molecule has 27 heavy (non-hydrogen) atoms. The van der Waals surface area contributed by atoms with Gasteiger partial charge in [-0.25, -0.2) is 9.97 Å². The first kappa shape index (κ1) is 18.7. The molecule has 0 amide bonds. The third kappa shape index (κ3) is 4.43. The van der Waals surface area contributed by atoms with Gasteiger partial charge in [0.25, 0.3) is 0 Å². The number of thiophene rings is 1. The van der Waals surface area contributed by atoms with Gasteiger partial charge in [0.15, 0.2) is 0 Å². The molecule has 0 saturated carbocycles. The molecule has 0 unspecified atom stereocenters. The van der Waals surface area contributed by atoms with Gasteiger partial charge in [0.1, 0.15) is 16.5 Å². The molecule has 0 aliphatic heterocycles. The van der Waals surface area contributed by atoms with Gasteiger partial charge in [-0.15, -0.1) is 23.1 Å². The Bertz CT molecular complexity index is 899. The van der Waals surface area contributed by atoms with Crippen LogP contribution in [0.3, 0.4) is 0 Å². The minimum atomic E-state index is 0.0522. The van der Waals surface area contributed by atoms with Gasteiger partial charge >= 0.3 is 0 Å². The first-order valence-corrected chi connectivity index (χ1v) is 11.1. The second-order valence-electron chi connectivity index (χ2n) is 6.39. The van der Waals surface area contributed by atoms with Gasteiger partial charge in [-0.2, -0.15) is 0 Å². The number of anilines is 1. The minimum absolute atomic E-state index is 0.0522. The van der Waals surface area contributed by atoms with Gasteiger partial charge in [-0.3, -0.25) is 0 Å². The van der Waals surface area contributed by atoms with Crippen LogP contribution in [-0.4, -0.2) is 41.4 Å². The predicted octanol–water partition coefficient (Wildman–Crippen LogP) is 3.89. The predicted molar refractivity (Wildman–Crippen MR) is 112 cm³/mol. The van der Waals surface area contributed by atoms with E-state index < -0.39 is 0 Å². The summed E-state index contributed by atoms with van der Waals surface area (Å²) in [6, 6.07) is 10.4. The highest BCUT2D eigenvalue weighted by Gasteiger charge is 2.22. The van der Waals surface area contributed by atoms with Crippen LogP contribution in [0, 0.1) is 0 Å². The normalized spacial score (nSPS) is 13.2. The summed E-state index contributed by atoms with van der Waals surface area (Å²) in [6.07, 6.45) is 3.50. The van der Waals surface area contributed by atoms with Crippen LogP contribution in [0.1, 0.15) is 22.7 Å². The number of aliphatic hydroxyl groups excluding tert-OH is 1. The molecule has 0 bridgehead atoms. The quantitative estimate of drug-likeness (QED) is 0.419. The Balaban J connectivity index is 1.55. The van der Waals surface area contributed by atoms with Gasteiger partial charge < -0.3 is 15.2 Å². The molecule has 1 aliphatic carbocycles. The fourth-order valence-corrected chi connectivity index (χ4v) is 5.36. The molecular weight excluding hydrogens is 378 g/mol. The molecule has 5 nitrogen and oxygen atoms in total. The minimum Gasteiger partial charge on any atom is -0.394 e. The summed E-state index contributed by atoms with van der Waals surface area (Å²) in [5.41, 5.74) is 1.43. The summed E-state index contributed by atoms with van der Waals surface area (Å²) in [5.74, 6) is 2.53. The van der Waals surface area contributed by atoms with Crippen LogP contribution in [0.15, 0.2) is 35.2 Å². The number of nitrogens with one attached hydrogen (secondary N) is 1. The Kier molecular flexibility index (Phi) is 6.24. The van der Waals surface area contributed by atoms with E-state index in [0.29, 0.717) is 19.8 Å². The molecule has 3 aromatic rings. The van der Waals surface area contributed by atoms with Crippen molar-refractivity contribution < 1.29 is 9.84 Å². The lowest BCUT2D eigenvalue weighted by molar-refractivity contribution is 0.0992.